The average molecular weight is 257 g/mol. The van der Waals surface area contributed by atoms with Crippen molar-refractivity contribution in [2.45, 2.75) is 39.2 Å². The molecule has 1 aromatic carbocycles. The molecule has 0 radical (unpaired) electrons. The molecule has 19 heavy (non-hydrogen) atoms. The van der Waals surface area contributed by atoms with Gasteiger partial charge in [-0.1, -0.05) is 36.8 Å². The fourth-order valence-electron chi connectivity index (χ4n) is 2.33. The number of benzene rings is 1. The Labute approximate surface area is 115 Å². The molecular formula is C17H23NO. The second-order valence-electron chi connectivity index (χ2n) is 5.05. The predicted molar refractivity (Wildman–Crippen MR) is 79.2 cm³/mol. The lowest BCUT2D eigenvalue weighted by Gasteiger charge is -2.16. The molecule has 1 unspecified atom stereocenters. The van der Waals surface area contributed by atoms with Gasteiger partial charge in [-0.15, -0.1) is 0 Å². The fourth-order valence-corrected chi connectivity index (χ4v) is 2.33. The van der Waals surface area contributed by atoms with E-state index in [0.717, 1.165) is 31.6 Å². The topological polar surface area (TPSA) is 25.2 Å². The molecule has 2 nitrogen and oxygen atoms in total. The van der Waals surface area contributed by atoms with E-state index in [4.69, 9.17) is 4.42 Å². The van der Waals surface area contributed by atoms with Gasteiger partial charge in [0.15, 0.2) is 0 Å². The first-order chi connectivity index (χ1) is 9.29. The van der Waals surface area contributed by atoms with Gasteiger partial charge in [-0.2, -0.15) is 0 Å². The minimum absolute atomic E-state index is 0.315. The molecule has 0 fully saturated rings. The molecule has 0 amide bonds. The van der Waals surface area contributed by atoms with Crippen molar-refractivity contribution < 1.29 is 4.42 Å². The predicted octanol–water partition coefficient (Wildman–Crippen LogP) is 4.26. The maximum absolute atomic E-state index is 5.54. The standard InChI is InChI=1S/C17H23NO/c1-3-11-18-16(17-8-5-12-19-17)10-9-15-7-4-6-14(2)13-15/h4-8,12-13,16,18H,3,9-11H2,1-2H3. The summed E-state index contributed by atoms with van der Waals surface area (Å²) in [6, 6.07) is 13.1. The quantitative estimate of drug-likeness (QED) is 0.801. The van der Waals surface area contributed by atoms with Crippen LogP contribution in [0.1, 0.15) is 42.7 Å². The highest BCUT2D eigenvalue weighted by molar-refractivity contribution is 5.22. The summed E-state index contributed by atoms with van der Waals surface area (Å²) in [5, 5.41) is 3.56. The number of hydrogen-bond donors (Lipinski definition) is 1. The molecule has 1 N–H and O–H groups in total. The van der Waals surface area contributed by atoms with E-state index in [9.17, 15) is 0 Å². The maximum Gasteiger partial charge on any atom is 0.120 e. The molecule has 1 atom stereocenters. The molecule has 0 saturated carbocycles. The molecule has 0 spiro atoms. The van der Waals surface area contributed by atoms with Crippen LogP contribution in [-0.4, -0.2) is 6.54 Å². The van der Waals surface area contributed by atoms with Crippen LogP contribution in [0.3, 0.4) is 0 Å². The van der Waals surface area contributed by atoms with Gasteiger partial charge in [0.1, 0.15) is 5.76 Å². The van der Waals surface area contributed by atoms with E-state index in [2.05, 4.69) is 49.5 Å². The number of aryl methyl sites for hydroxylation is 2. The van der Waals surface area contributed by atoms with E-state index in [1.54, 1.807) is 6.26 Å². The molecule has 2 rings (SSSR count). The molecule has 0 bridgehead atoms. The molecule has 2 aromatic rings. The Morgan fingerprint density at radius 1 is 1.21 bits per heavy atom. The molecule has 0 saturated heterocycles. The molecule has 1 aromatic heterocycles. The van der Waals surface area contributed by atoms with Gasteiger partial charge in [0, 0.05) is 0 Å². The molecule has 102 valence electrons. The molecular weight excluding hydrogens is 234 g/mol. The average Bonchev–Trinajstić information content (AvgIpc) is 2.93. The van der Waals surface area contributed by atoms with E-state index in [0.29, 0.717) is 6.04 Å². The Balaban J connectivity index is 1.96. The molecule has 0 aliphatic carbocycles. The zero-order valence-electron chi connectivity index (χ0n) is 11.9. The first-order valence-corrected chi connectivity index (χ1v) is 7.12. The Hall–Kier alpha value is -1.54. The van der Waals surface area contributed by atoms with Crippen molar-refractivity contribution in [1.29, 1.82) is 0 Å². The largest absolute Gasteiger partial charge is 0.468 e. The zero-order valence-corrected chi connectivity index (χ0v) is 11.9. The number of rotatable bonds is 7. The van der Waals surface area contributed by atoms with Crippen molar-refractivity contribution in [2.24, 2.45) is 0 Å². The summed E-state index contributed by atoms with van der Waals surface area (Å²) < 4.78 is 5.54. The van der Waals surface area contributed by atoms with Crippen molar-refractivity contribution in [1.82, 2.24) is 5.32 Å². The first-order valence-electron chi connectivity index (χ1n) is 7.12. The Morgan fingerprint density at radius 3 is 2.79 bits per heavy atom. The summed E-state index contributed by atoms with van der Waals surface area (Å²) in [6.07, 6.45) is 5.03. The third kappa shape index (κ3) is 4.25. The van der Waals surface area contributed by atoms with Crippen LogP contribution in [0.4, 0.5) is 0 Å². The van der Waals surface area contributed by atoms with Gasteiger partial charge in [-0.25, -0.2) is 0 Å². The van der Waals surface area contributed by atoms with Crippen molar-refractivity contribution in [3.63, 3.8) is 0 Å². The summed E-state index contributed by atoms with van der Waals surface area (Å²) in [5.74, 6) is 1.04. The van der Waals surface area contributed by atoms with Crippen LogP contribution in [0.25, 0.3) is 0 Å². The van der Waals surface area contributed by atoms with Crippen LogP contribution in [0.2, 0.25) is 0 Å². The lowest BCUT2D eigenvalue weighted by Crippen LogP contribution is -2.22. The van der Waals surface area contributed by atoms with Crippen LogP contribution >= 0.6 is 0 Å². The van der Waals surface area contributed by atoms with Gasteiger partial charge in [-0.3, -0.25) is 0 Å². The van der Waals surface area contributed by atoms with Gasteiger partial charge in [-0.05, 0) is 50.4 Å². The fraction of sp³-hybridized carbons (Fsp3) is 0.412. The lowest BCUT2D eigenvalue weighted by molar-refractivity contribution is 0.396. The molecule has 0 aliphatic rings. The van der Waals surface area contributed by atoms with Gasteiger partial charge in [0.05, 0.1) is 12.3 Å². The highest BCUT2D eigenvalue weighted by Crippen LogP contribution is 2.20. The zero-order chi connectivity index (χ0) is 13.5. The third-order valence-electron chi connectivity index (χ3n) is 3.33. The monoisotopic (exact) mass is 257 g/mol. The Bertz CT molecular complexity index is 476. The van der Waals surface area contributed by atoms with Crippen molar-refractivity contribution in [3.05, 3.63) is 59.5 Å². The third-order valence-corrected chi connectivity index (χ3v) is 3.33. The second-order valence-corrected chi connectivity index (χ2v) is 5.05. The summed E-state index contributed by atoms with van der Waals surface area (Å²) in [5.41, 5.74) is 2.73. The van der Waals surface area contributed by atoms with E-state index in [-0.39, 0.29) is 0 Å². The van der Waals surface area contributed by atoms with Gasteiger partial charge < -0.3 is 9.73 Å². The first kappa shape index (κ1) is 13.9. The van der Waals surface area contributed by atoms with E-state index < -0.39 is 0 Å². The summed E-state index contributed by atoms with van der Waals surface area (Å²) in [4.78, 5) is 0. The summed E-state index contributed by atoms with van der Waals surface area (Å²) in [6.45, 7) is 5.36. The Kier molecular flexibility index (Phi) is 5.22. The van der Waals surface area contributed by atoms with Crippen molar-refractivity contribution in [2.75, 3.05) is 6.54 Å². The minimum Gasteiger partial charge on any atom is -0.468 e. The highest BCUT2D eigenvalue weighted by Gasteiger charge is 2.13. The van der Waals surface area contributed by atoms with Crippen LogP contribution in [0.5, 0.6) is 0 Å². The normalized spacial score (nSPS) is 12.5. The highest BCUT2D eigenvalue weighted by atomic mass is 16.3. The maximum atomic E-state index is 5.54. The number of nitrogens with one attached hydrogen (secondary N) is 1. The van der Waals surface area contributed by atoms with Crippen LogP contribution < -0.4 is 5.32 Å². The van der Waals surface area contributed by atoms with Crippen molar-refractivity contribution >= 4 is 0 Å². The van der Waals surface area contributed by atoms with Crippen molar-refractivity contribution in [3.8, 4) is 0 Å². The van der Waals surface area contributed by atoms with E-state index in [1.807, 2.05) is 6.07 Å². The molecule has 0 aliphatic heterocycles. The summed E-state index contributed by atoms with van der Waals surface area (Å²) in [7, 11) is 0. The van der Waals surface area contributed by atoms with Gasteiger partial charge >= 0.3 is 0 Å². The Morgan fingerprint density at radius 2 is 2.11 bits per heavy atom. The molecule has 1 heterocycles. The second kappa shape index (κ2) is 7.15. The SMILES string of the molecule is CCCNC(CCc1cccc(C)c1)c1ccco1. The lowest BCUT2D eigenvalue weighted by atomic mass is 10.0. The van der Waals surface area contributed by atoms with Crippen LogP contribution in [-0.2, 0) is 6.42 Å². The van der Waals surface area contributed by atoms with Crippen LogP contribution in [0, 0.1) is 6.92 Å². The minimum atomic E-state index is 0.315. The van der Waals surface area contributed by atoms with E-state index in [1.165, 1.54) is 11.1 Å². The smallest absolute Gasteiger partial charge is 0.120 e. The van der Waals surface area contributed by atoms with E-state index >= 15 is 0 Å². The van der Waals surface area contributed by atoms with Crippen LogP contribution in [0.15, 0.2) is 47.1 Å². The number of hydrogen-bond acceptors (Lipinski definition) is 2. The summed E-state index contributed by atoms with van der Waals surface area (Å²) >= 11 is 0. The molecule has 2 heteroatoms. The van der Waals surface area contributed by atoms with Gasteiger partial charge in [0.2, 0.25) is 0 Å². The number of furan rings is 1. The van der Waals surface area contributed by atoms with Gasteiger partial charge in [0.25, 0.3) is 0 Å².